The number of halogens is 1. The molecule has 5 nitrogen and oxygen atoms in total. The highest BCUT2D eigenvalue weighted by atomic mass is 35.5. The van der Waals surface area contributed by atoms with Crippen LogP contribution in [0.3, 0.4) is 0 Å². The van der Waals surface area contributed by atoms with Crippen LogP contribution in [0.15, 0.2) is 40.8 Å². The molecule has 0 spiro atoms. The summed E-state index contributed by atoms with van der Waals surface area (Å²) in [7, 11) is 0. The van der Waals surface area contributed by atoms with Gasteiger partial charge in [-0.15, -0.1) is 0 Å². The SMILES string of the molecule is CC(C)[C@H](CNC(=O)c1ccc(-c2ccccc2Cl)o1)N1CCOCC1. The van der Waals surface area contributed by atoms with Crippen molar-refractivity contribution in [2.24, 2.45) is 5.92 Å². The van der Waals surface area contributed by atoms with E-state index in [2.05, 4.69) is 24.1 Å². The van der Waals surface area contributed by atoms with Gasteiger partial charge in [0.2, 0.25) is 0 Å². The maximum atomic E-state index is 12.5. The van der Waals surface area contributed by atoms with E-state index in [0.717, 1.165) is 31.9 Å². The molecule has 0 unspecified atom stereocenters. The molecule has 1 N–H and O–H groups in total. The van der Waals surface area contributed by atoms with E-state index >= 15 is 0 Å². The third-order valence-corrected chi connectivity index (χ3v) is 5.05. The van der Waals surface area contributed by atoms with E-state index in [0.29, 0.717) is 29.0 Å². The molecular weight excluding hydrogens is 352 g/mol. The van der Waals surface area contributed by atoms with Crippen LogP contribution in [0.25, 0.3) is 11.3 Å². The van der Waals surface area contributed by atoms with Crippen molar-refractivity contribution in [3.05, 3.63) is 47.2 Å². The van der Waals surface area contributed by atoms with Crippen molar-refractivity contribution >= 4 is 17.5 Å². The standard InChI is InChI=1S/C20H25ClN2O3/c1-14(2)17(23-9-11-25-12-10-23)13-22-20(24)19-8-7-18(26-19)15-5-3-4-6-16(15)21/h3-8,14,17H,9-13H2,1-2H3,(H,22,24)/t17-/m0/s1. The van der Waals surface area contributed by atoms with Crippen molar-refractivity contribution < 1.29 is 13.9 Å². The van der Waals surface area contributed by atoms with Crippen LogP contribution in [-0.2, 0) is 4.74 Å². The summed E-state index contributed by atoms with van der Waals surface area (Å²) in [5.74, 6) is 1.12. The second-order valence-corrected chi connectivity index (χ2v) is 7.22. The molecule has 140 valence electrons. The summed E-state index contributed by atoms with van der Waals surface area (Å²) in [4.78, 5) is 14.9. The van der Waals surface area contributed by atoms with Crippen molar-refractivity contribution in [1.82, 2.24) is 10.2 Å². The smallest absolute Gasteiger partial charge is 0.287 e. The Morgan fingerprint density at radius 1 is 1.19 bits per heavy atom. The molecule has 1 aromatic carbocycles. The zero-order valence-corrected chi connectivity index (χ0v) is 16.0. The first-order valence-electron chi connectivity index (χ1n) is 9.01. The van der Waals surface area contributed by atoms with Gasteiger partial charge in [-0.2, -0.15) is 0 Å². The van der Waals surface area contributed by atoms with E-state index in [-0.39, 0.29) is 11.9 Å². The van der Waals surface area contributed by atoms with Crippen molar-refractivity contribution in [2.45, 2.75) is 19.9 Å². The Morgan fingerprint density at radius 3 is 2.62 bits per heavy atom. The van der Waals surface area contributed by atoms with Crippen LogP contribution in [-0.4, -0.2) is 49.7 Å². The summed E-state index contributed by atoms with van der Waals surface area (Å²) in [6.07, 6.45) is 0. The van der Waals surface area contributed by atoms with Crippen molar-refractivity contribution in [3.63, 3.8) is 0 Å². The third kappa shape index (κ3) is 4.47. The van der Waals surface area contributed by atoms with E-state index in [9.17, 15) is 4.79 Å². The zero-order chi connectivity index (χ0) is 18.5. The van der Waals surface area contributed by atoms with Crippen LogP contribution in [0.4, 0.5) is 0 Å². The summed E-state index contributed by atoms with van der Waals surface area (Å²) in [6, 6.07) is 11.2. The average molecular weight is 377 g/mol. The Labute approximate surface area is 159 Å². The number of nitrogens with one attached hydrogen (secondary N) is 1. The second-order valence-electron chi connectivity index (χ2n) is 6.81. The number of morpholine rings is 1. The molecule has 26 heavy (non-hydrogen) atoms. The number of ether oxygens (including phenoxy) is 1. The fraction of sp³-hybridized carbons (Fsp3) is 0.450. The lowest BCUT2D eigenvalue weighted by molar-refractivity contribution is 0.00666. The number of amides is 1. The number of benzene rings is 1. The van der Waals surface area contributed by atoms with Gasteiger partial charge in [-0.25, -0.2) is 0 Å². The minimum Gasteiger partial charge on any atom is -0.451 e. The zero-order valence-electron chi connectivity index (χ0n) is 15.2. The monoisotopic (exact) mass is 376 g/mol. The molecule has 2 aromatic rings. The molecular formula is C20H25ClN2O3. The van der Waals surface area contributed by atoms with Crippen molar-refractivity contribution in [1.29, 1.82) is 0 Å². The molecule has 1 fully saturated rings. The minimum absolute atomic E-state index is 0.206. The second kappa shape index (κ2) is 8.71. The van der Waals surface area contributed by atoms with Crippen molar-refractivity contribution in [2.75, 3.05) is 32.8 Å². The first-order chi connectivity index (χ1) is 12.6. The molecule has 0 radical (unpaired) electrons. The predicted molar refractivity (Wildman–Crippen MR) is 103 cm³/mol. The third-order valence-electron chi connectivity index (χ3n) is 4.73. The van der Waals surface area contributed by atoms with Gasteiger partial charge in [-0.05, 0) is 30.2 Å². The topological polar surface area (TPSA) is 54.7 Å². The maximum Gasteiger partial charge on any atom is 0.287 e. The Bertz CT molecular complexity index is 738. The van der Waals surface area contributed by atoms with E-state index in [1.807, 2.05) is 18.2 Å². The molecule has 2 heterocycles. The molecule has 1 aliphatic heterocycles. The molecule has 0 aliphatic carbocycles. The summed E-state index contributed by atoms with van der Waals surface area (Å²) >= 11 is 6.19. The number of rotatable bonds is 6. The van der Waals surface area contributed by atoms with Gasteiger partial charge in [-0.3, -0.25) is 9.69 Å². The molecule has 1 amide bonds. The molecule has 6 heteroatoms. The highest BCUT2D eigenvalue weighted by molar-refractivity contribution is 6.33. The van der Waals surface area contributed by atoms with E-state index in [1.165, 1.54) is 0 Å². The molecule has 0 bridgehead atoms. The Kier molecular flexibility index (Phi) is 6.35. The highest BCUT2D eigenvalue weighted by Gasteiger charge is 2.25. The van der Waals surface area contributed by atoms with Gasteiger partial charge in [-0.1, -0.05) is 37.6 Å². The number of hydrogen-bond donors (Lipinski definition) is 1. The quantitative estimate of drug-likeness (QED) is 0.835. The van der Waals surface area contributed by atoms with Gasteiger partial charge in [0.25, 0.3) is 5.91 Å². The van der Waals surface area contributed by atoms with Gasteiger partial charge >= 0.3 is 0 Å². The molecule has 3 rings (SSSR count). The summed E-state index contributed by atoms with van der Waals surface area (Å²) in [6.45, 7) is 8.22. The lowest BCUT2D eigenvalue weighted by Gasteiger charge is -2.36. The minimum atomic E-state index is -0.206. The highest BCUT2D eigenvalue weighted by Crippen LogP contribution is 2.29. The van der Waals surface area contributed by atoms with Crippen LogP contribution in [0.1, 0.15) is 24.4 Å². The lowest BCUT2D eigenvalue weighted by Crippen LogP contribution is -2.51. The maximum absolute atomic E-state index is 12.5. The van der Waals surface area contributed by atoms with E-state index < -0.39 is 0 Å². The summed E-state index contributed by atoms with van der Waals surface area (Å²) < 4.78 is 11.1. The Morgan fingerprint density at radius 2 is 1.92 bits per heavy atom. The average Bonchev–Trinajstić information content (AvgIpc) is 3.13. The number of nitrogens with zero attached hydrogens (tertiary/aromatic N) is 1. The predicted octanol–water partition coefficient (Wildman–Crippen LogP) is 3.69. The van der Waals surface area contributed by atoms with Crippen LogP contribution in [0.2, 0.25) is 5.02 Å². The summed E-state index contributed by atoms with van der Waals surface area (Å²) in [5, 5.41) is 3.61. The van der Waals surface area contributed by atoms with Crippen molar-refractivity contribution in [3.8, 4) is 11.3 Å². The number of carbonyl (C=O) groups is 1. The molecule has 1 saturated heterocycles. The van der Waals surface area contributed by atoms with E-state index in [4.69, 9.17) is 20.8 Å². The van der Waals surface area contributed by atoms with E-state index in [1.54, 1.807) is 18.2 Å². The van der Waals surface area contributed by atoms with Gasteiger partial charge in [0.05, 0.1) is 18.2 Å². The van der Waals surface area contributed by atoms with Crippen LogP contribution >= 0.6 is 11.6 Å². The van der Waals surface area contributed by atoms with Gasteiger partial charge in [0.15, 0.2) is 5.76 Å². The molecule has 1 atom stereocenters. The van der Waals surface area contributed by atoms with Crippen LogP contribution < -0.4 is 5.32 Å². The molecule has 1 aromatic heterocycles. The number of hydrogen-bond acceptors (Lipinski definition) is 4. The number of furan rings is 1. The molecule has 0 saturated carbocycles. The Hall–Kier alpha value is -1.82. The first kappa shape index (κ1) is 19.0. The number of carbonyl (C=O) groups excluding carboxylic acids is 1. The molecule has 1 aliphatic rings. The first-order valence-corrected chi connectivity index (χ1v) is 9.39. The summed E-state index contributed by atoms with van der Waals surface area (Å²) in [5.41, 5.74) is 0.779. The van der Waals surface area contributed by atoms with Crippen LogP contribution in [0.5, 0.6) is 0 Å². The largest absolute Gasteiger partial charge is 0.451 e. The fourth-order valence-corrected chi connectivity index (χ4v) is 3.47. The lowest BCUT2D eigenvalue weighted by atomic mass is 10.0. The van der Waals surface area contributed by atoms with Gasteiger partial charge < -0.3 is 14.5 Å². The van der Waals surface area contributed by atoms with Gasteiger partial charge in [0, 0.05) is 31.2 Å². The Balaban J connectivity index is 1.63. The normalized spacial score (nSPS) is 16.6. The van der Waals surface area contributed by atoms with Gasteiger partial charge in [0.1, 0.15) is 5.76 Å². The van der Waals surface area contributed by atoms with Crippen LogP contribution in [0, 0.1) is 5.92 Å². The fourth-order valence-electron chi connectivity index (χ4n) is 3.25.